The minimum absolute atomic E-state index is 0.0339. The number of rotatable bonds is 2. The van der Waals surface area contributed by atoms with Crippen molar-refractivity contribution in [2.45, 2.75) is 65.7 Å². The van der Waals surface area contributed by atoms with Gasteiger partial charge in [0.2, 0.25) is 0 Å². The van der Waals surface area contributed by atoms with Gasteiger partial charge in [0.15, 0.2) is 0 Å². The van der Waals surface area contributed by atoms with Gasteiger partial charge < -0.3 is 5.11 Å². The van der Waals surface area contributed by atoms with Gasteiger partial charge in [-0.2, -0.15) is 0 Å². The molecule has 0 aliphatic carbocycles. The Kier molecular flexibility index (Phi) is 4.15. The molecule has 0 saturated heterocycles. The first kappa shape index (κ1) is 15.1. The molecule has 0 aromatic heterocycles. The molecule has 1 aromatic carbocycles. The number of aromatic hydroxyl groups is 1. The highest BCUT2D eigenvalue weighted by Gasteiger charge is 2.26. The summed E-state index contributed by atoms with van der Waals surface area (Å²) < 4.78 is 0. The number of hydrogen-bond donors (Lipinski definition) is 1. The van der Waals surface area contributed by atoms with Crippen LogP contribution in [-0.4, -0.2) is 5.11 Å². The van der Waals surface area contributed by atoms with Crippen molar-refractivity contribution in [3.05, 3.63) is 35.2 Å². The first-order chi connectivity index (χ1) is 8.07. The highest BCUT2D eigenvalue weighted by atomic mass is 16.3. The van der Waals surface area contributed by atoms with Crippen molar-refractivity contribution in [1.29, 1.82) is 0 Å². The summed E-state index contributed by atoms with van der Waals surface area (Å²) in [6.45, 7) is 15.0. The zero-order valence-corrected chi connectivity index (χ0v) is 12.9. The van der Waals surface area contributed by atoms with Gasteiger partial charge in [0.05, 0.1) is 0 Å². The van der Waals surface area contributed by atoms with E-state index in [9.17, 15) is 5.11 Å². The van der Waals surface area contributed by atoms with Gasteiger partial charge in [0, 0.05) is 0 Å². The maximum atomic E-state index is 10.5. The SMILES string of the molecule is C[CH]Cc1cc(C(C)(C)C)c(O)c(C(C)(C)C)c1. The van der Waals surface area contributed by atoms with Crippen LogP contribution < -0.4 is 0 Å². The van der Waals surface area contributed by atoms with E-state index in [0.29, 0.717) is 5.75 Å². The summed E-state index contributed by atoms with van der Waals surface area (Å²) in [5.74, 6) is 0.467. The molecule has 101 valence electrons. The topological polar surface area (TPSA) is 20.2 Å². The lowest BCUT2D eigenvalue weighted by molar-refractivity contribution is 0.423. The van der Waals surface area contributed by atoms with Gasteiger partial charge in [-0.3, -0.25) is 0 Å². The summed E-state index contributed by atoms with van der Waals surface area (Å²) >= 11 is 0. The zero-order valence-electron chi connectivity index (χ0n) is 12.9. The molecule has 0 atom stereocenters. The number of hydrogen-bond acceptors (Lipinski definition) is 1. The number of phenols is 1. The molecule has 0 heterocycles. The van der Waals surface area contributed by atoms with Gasteiger partial charge in [-0.15, -0.1) is 0 Å². The molecule has 0 aliphatic rings. The van der Waals surface area contributed by atoms with Crippen LogP contribution in [0.15, 0.2) is 12.1 Å². The maximum absolute atomic E-state index is 10.5. The van der Waals surface area contributed by atoms with Crippen LogP contribution >= 0.6 is 0 Å². The fourth-order valence-electron chi connectivity index (χ4n) is 2.19. The molecule has 1 radical (unpaired) electrons. The molecule has 18 heavy (non-hydrogen) atoms. The van der Waals surface area contributed by atoms with E-state index in [-0.39, 0.29) is 10.8 Å². The monoisotopic (exact) mass is 247 g/mol. The van der Waals surface area contributed by atoms with Gasteiger partial charge in [-0.05, 0) is 40.4 Å². The number of phenolic OH excluding ortho intramolecular Hbond substituents is 1. The third-order valence-electron chi connectivity index (χ3n) is 3.23. The fourth-order valence-corrected chi connectivity index (χ4v) is 2.19. The van der Waals surface area contributed by atoms with E-state index in [1.54, 1.807) is 0 Å². The predicted molar refractivity (Wildman–Crippen MR) is 79.2 cm³/mol. The van der Waals surface area contributed by atoms with Crippen molar-refractivity contribution in [2.75, 3.05) is 0 Å². The summed E-state index contributed by atoms with van der Waals surface area (Å²) in [6, 6.07) is 4.29. The second kappa shape index (κ2) is 4.95. The van der Waals surface area contributed by atoms with Crippen molar-refractivity contribution < 1.29 is 5.11 Å². The molecule has 0 unspecified atom stereocenters. The van der Waals surface area contributed by atoms with Gasteiger partial charge in [0.25, 0.3) is 0 Å². The molecule has 0 spiro atoms. The highest BCUT2D eigenvalue weighted by Crippen LogP contribution is 2.39. The quantitative estimate of drug-likeness (QED) is 0.799. The van der Waals surface area contributed by atoms with E-state index < -0.39 is 0 Å². The van der Waals surface area contributed by atoms with Crippen LogP contribution in [0.25, 0.3) is 0 Å². The summed E-state index contributed by atoms with van der Waals surface area (Å²) in [4.78, 5) is 0. The second-order valence-corrected chi connectivity index (χ2v) is 7.15. The Morgan fingerprint density at radius 3 is 1.61 bits per heavy atom. The van der Waals surface area contributed by atoms with Crippen LogP contribution in [0, 0.1) is 6.42 Å². The van der Waals surface area contributed by atoms with Gasteiger partial charge in [-0.25, -0.2) is 0 Å². The Bertz CT molecular complexity index is 381. The van der Waals surface area contributed by atoms with Crippen LogP contribution in [0.2, 0.25) is 0 Å². The Balaban J connectivity index is 3.48. The van der Waals surface area contributed by atoms with E-state index >= 15 is 0 Å². The Labute approximate surface area is 112 Å². The molecule has 0 fully saturated rings. The van der Waals surface area contributed by atoms with Gasteiger partial charge in [-0.1, -0.05) is 60.6 Å². The first-order valence-electron chi connectivity index (χ1n) is 6.72. The Morgan fingerprint density at radius 2 is 1.33 bits per heavy atom. The van der Waals surface area contributed by atoms with Crippen LogP contribution in [0.1, 0.15) is 65.2 Å². The van der Waals surface area contributed by atoms with Crippen molar-refractivity contribution in [3.8, 4) is 5.75 Å². The lowest BCUT2D eigenvalue weighted by atomic mass is 9.78. The fraction of sp³-hybridized carbons (Fsp3) is 0.588. The molecule has 0 aliphatic heterocycles. The van der Waals surface area contributed by atoms with Crippen molar-refractivity contribution in [2.24, 2.45) is 0 Å². The smallest absolute Gasteiger partial charge is 0.123 e. The van der Waals surface area contributed by atoms with Gasteiger partial charge >= 0.3 is 0 Å². The molecule has 1 rings (SSSR count). The molecule has 0 saturated carbocycles. The maximum Gasteiger partial charge on any atom is 0.123 e. The van der Waals surface area contributed by atoms with E-state index in [0.717, 1.165) is 17.5 Å². The summed E-state index contributed by atoms with van der Waals surface area (Å²) in [6.07, 6.45) is 3.11. The molecule has 1 N–H and O–H groups in total. The van der Waals surface area contributed by atoms with E-state index in [1.807, 2.05) is 0 Å². The number of benzene rings is 1. The van der Waals surface area contributed by atoms with Gasteiger partial charge in [0.1, 0.15) is 5.75 Å². The standard InChI is InChI=1S/C17H27O/c1-8-9-12-10-13(16(2,3)4)15(18)14(11-12)17(5,6)7/h8,10-11,18H,9H2,1-7H3. The highest BCUT2D eigenvalue weighted by molar-refractivity contribution is 5.50. The average molecular weight is 247 g/mol. The summed E-state index contributed by atoms with van der Waals surface area (Å²) in [5, 5.41) is 10.5. The van der Waals surface area contributed by atoms with Crippen LogP contribution in [0.5, 0.6) is 5.75 Å². The second-order valence-electron chi connectivity index (χ2n) is 7.15. The Hall–Kier alpha value is -0.980. The Morgan fingerprint density at radius 1 is 0.944 bits per heavy atom. The molecule has 0 bridgehead atoms. The van der Waals surface area contributed by atoms with Crippen LogP contribution in [0.4, 0.5) is 0 Å². The van der Waals surface area contributed by atoms with E-state index in [1.165, 1.54) is 5.56 Å². The molecular formula is C17H27O. The molecule has 1 aromatic rings. The molecule has 1 nitrogen and oxygen atoms in total. The lowest BCUT2D eigenvalue weighted by Gasteiger charge is -2.28. The zero-order chi connectivity index (χ0) is 14.1. The van der Waals surface area contributed by atoms with Crippen LogP contribution in [-0.2, 0) is 17.3 Å². The summed E-state index contributed by atoms with van der Waals surface area (Å²) in [7, 11) is 0. The minimum atomic E-state index is -0.0339. The van der Waals surface area contributed by atoms with Crippen molar-refractivity contribution in [1.82, 2.24) is 0 Å². The average Bonchev–Trinajstić information content (AvgIpc) is 2.17. The minimum Gasteiger partial charge on any atom is -0.507 e. The van der Waals surface area contributed by atoms with Crippen molar-refractivity contribution >= 4 is 0 Å². The van der Waals surface area contributed by atoms with E-state index in [4.69, 9.17) is 0 Å². The summed E-state index contributed by atoms with van der Waals surface area (Å²) in [5.41, 5.74) is 3.31. The molecular weight excluding hydrogens is 220 g/mol. The van der Waals surface area contributed by atoms with Crippen LogP contribution in [0.3, 0.4) is 0 Å². The third kappa shape index (κ3) is 3.28. The largest absolute Gasteiger partial charge is 0.507 e. The molecule has 0 amide bonds. The molecule has 1 heteroatoms. The van der Waals surface area contributed by atoms with Crippen molar-refractivity contribution in [3.63, 3.8) is 0 Å². The first-order valence-corrected chi connectivity index (χ1v) is 6.72. The van der Waals surface area contributed by atoms with E-state index in [2.05, 4.69) is 67.0 Å². The lowest BCUT2D eigenvalue weighted by Crippen LogP contribution is -2.17. The normalized spacial score (nSPS) is 12.8. The predicted octanol–water partition coefficient (Wildman–Crippen LogP) is 4.75. The third-order valence-corrected chi connectivity index (χ3v) is 3.23.